The second-order valence-corrected chi connectivity index (χ2v) is 5.52. The number of benzene rings is 1. The standard InChI is InChI=1S/C14H14BrClN2O/c15-13-2-1-10(16)7-11(13)14(19)12(8-17)9-3-5-18-6-4-9/h1-7,12,14,19H,8,17H2. The molecule has 2 aromatic rings. The first-order valence-electron chi connectivity index (χ1n) is 5.86. The van der Waals surface area contributed by atoms with Gasteiger partial charge < -0.3 is 10.8 Å². The first-order chi connectivity index (χ1) is 9.13. The van der Waals surface area contributed by atoms with Crippen LogP contribution in [0.5, 0.6) is 0 Å². The van der Waals surface area contributed by atoms with Gasteiger partial charge in [-0.2, -0.15) is 0 Å². The van der Waals surface area contributed by atoms with Crippen molar-refractivity contribution in [2.75, 3.05) is 6.54 Å². The molecule has 1 aromatic carbocycles. The summed E-state index contributed by atoms with van der Waals surface area (Å²) in [6, 6.07) is 9.06. The van der Waals surface area contributed by atoms with E-state index in [-0.39, 0.29) is 5.92 Å². The first kappa shape index (κ1) is 14.5. The minimum Gasteiger partial charge on any atom is -0.388 e. The average Bonchev–Trinajstić information content (AvgIpc) is 2.43. The van der Waals surface area contributed by atoms with E-state index in [2.05, 4.69) is 20.9 Å². The zero-order chi connectivity index (χ0) is 13.8. The minimum absolute atomic E-state index is 0.197. The lowest BCUT2D eigenvalue weighted by atomic mass is 9.90. The summed E-state index contributed by atoms with van der Waals surface area (Å²) in [5, 5.41) is 11.1. The van der Waals surface area contributed by atoms with E-state index in [1.165, 1.54) is 0 Å². The Bertz CT molecular complexity index is 550. The number of hydrogen-bond acceptors (Lipinski definition) is 3. The van der Waals surface area contributed by atoms with E-state index >= 15 is 0 Å². The Balaban J connectivity index is 2.36. The van der Waals surface area contributed by atoms with Crippen LogP contribution in [-0.2, 0) is 0 Å². The van der Waals surface area contributed by atoms with Crippen LogP contribution in [0.3, 0.4) is 0 Å². The van der Waals surface area contributed by atoms with Crippen LogP contribution in [0.15, 0.2) is 47.2 Å². The monoisotopic (exact) mass is 340 g/mol. The molecule has 0 saturated carbocycles. The number of nitrogens with two attached hydrogens (primary N) is 1. The molecule has 0 amide bonds. The van der Waals surface area contributed by atoms with Gasteiger partial charge in [0.2, 0.25) is 0 Å². The van der Waals surface area contributed by atoms with Gasteiger partial charge in [0.25, 0.3) is 0 Å². The number of pyridine rings is 1. The quantitative estimate of drug-likeness (QED) is 0.897. The molecule has 0 aliphatic rings. The predicted octanol–water partition coefficient (Wildman–Crippen LogP) is 3.27. The zero-order valence-corrected chi connectivity index (χ0v) is 12.5. The van der Waals surface area contributed by atoms with Crippen molar-refractivity contribution in [3.63, 3.8) is 0 Å². The van der Waals surface area contributed by atoms with Crippen LogP contribution in [0.1, 0.15) is 23.1 Å². The maximum absolute atomic E-state index is 10.5. The Morgan fingerprint density at radius 2 is 1.95 bits per heavy atom. The van der Waals surface area contributed by atoms with Gasteiger partial charge in [0, 0.05) is 34.4 Å². The summed E-state index contributed by atoms with van der Waals surface area (Å²) in [4.78, 5) is 3.97. The van der Waals surface area contributed by atoms with Gasteiger partial charge >= 0.3 is 0 Å². The summed E-state index contributed by atoms with van der Waals surface area (Å²) in [7, 11) is 0. The molecule has 2 rings (SSSR count). The third kappa shape index (κ3) is 3.34. The summed E-state index contributed by atoms with van der Waals surface area (Å²) in [5.41, 5.74) is 7.49. The number of halogens is 2. The Hall–Kier alpha value is -0.940. The third-order valence-electron chi connectivity index (χ3n) is 3.05. The van der Waals surface area contributed by atoms with Gasteiger partial charge in [-0.1, -0.05) is 27.5 Å². The van der Waals surface area contributed by atoms with Gasteiger partial charge in [0.1, 0.15) is 0 Å². The van der Waals surface area contributed by atoms with Crippen molar-refractivity contribution in [1.29, 1.82) is 0 Å². The molecule has 0 radical (unpaired) electrons. The SMILES string of the molecule is NCC(c1ccncc1)C(O)c1cc(Cl)ccc1Br. The average molecular weight is 342 g/mol. The summed E-state index contributed by atoms with van der Waals surface area (Å²) in [5.74, 6) is -0.197. The van der Waals surface area contributed by atoms with Crippen LogP contribution in [0.4, 0.5) is 0 Å². The fourth-order valence-electron chi connectivity index (χ4n) is 2.02. The van der Waals surface area contributed by atoms with Crippen LogP contribution >= 0.6 is 27.5 Å². The smallest absolute Gasteiger partial charge is 0.0882 e. The fraction of sp³-hybridized carbons (Fsp3) is 0.214. The van der Waals surface area contributed by atoms with E-state index in [0.717, 1.165) is 15.6 Å². The Morgan fingerprint density at radius 1 is 1.26 bits per heavy atom. The van der Waals surface area contributed by atoms with Crippen LogP contribution in [0, 0.1) is 0 Å². The molecule has 3 nitrogen and oxygen atoms in total. The van der Waals surface area contributed by atoms with Crippen LogP contribution in [0.2, 0.25) is 5.02 Å². The van der Waals surface area contributed by atoms with E-state index in [4.69, 9.17) is 17.3 Å². The van der Waals surface area contributed by atoms with Crippen molar-refractivity contribution < 1.29 is 5.11 Å². The van der Waals surface area contributed by atoms with Crippen molar-refractivity contribution in [3.05, 3.63) is 63.3 Å². The fourth-order valence-corrected chi connectivity index (χ4v) is 2.68. The highest BCUT2D eigenvalue weighted by Gasteiger charge is 2.23. The second kappa shape index (κ2) is 6.48. The lowest BCUT2D eigenvalue weighted by Crippen LogP contribution is -2.20. The van der Waals surface area contributed by atoms with E-state index in [1.54, 1.807) is 24.5 Å². The molecular weight excluding hydrogens is 328 g/mol. The molecule has 0 spiro atoms. The number of nitrogens with zero attached hydrogens (tertiary/aromatic N) is 1. The van der Waals surface area contributed by atoms with Gasteiger partial charge in [-0.25, -0.2) is 0 Å². The number of rotatable bonds is 4. The Labute approximate surface area is 125 Å². The molecule has 3 N–H and O–H groups in total. The van der Waals surface area contributed by atoms with Crippen molar-refractivity contribution in [2.24, 2.45) is 5.73 Å². The number of aromatic nitrogens is 1. The summed E-state index contributed by atoms with van der Waals surface area (Å²) in [6.45, 7) is 0.337. The van der Waals surface area contributed by atoms with Crippen LogP contribution < -0.4 is 5.73 Å². The van der Waals surface area contributed by atoms with E-state index in [9.17, 15) is 5.11 Å². The molecule has 100 valence electrons. The summed E-state index contributed by atoms with van der Waals surface area (Å²) >= 11 is 9.41. The number of aliphatic hydroxyl groups excluding tert-OH is 1. The summed E-state index contributed by atoms with van der Waals surface area (Å²) < 4.78 is 0.817. The zero-order valence-electron chi connectivity index (χ0n) is 10.1. The molecule has 0 aliphatic carbocycles. The van der Waals surface area contributed by atoms with Gasteiger partial charge in [0.05, 0.1) is 6.10 Å². The Kier molecular flexibility index (Phi) is 4.93. The maximum atomic E-state index is 10.5. The van der Waals surface area contributed by atoms with Crippen molar-refractivity contribution in [1.82, 2.24) is 4.98 Å². The van der Waals surface area contributed by atoms with Gasteiger partial charge in [-0.3, -0.25) is 4.98 Å². The molecule has 5 heteroatoms. The third-order valence-corrected chi connectivity index (χ3v) is 4.00. The highest BCUT2D eigenvalue weighted by atomic mass is 79.9. The minimum atomic E-state index is -0.722. The summed E-state index contributed by atoms with van der Waals surface area (Å²) in [6.07, 6.45) is 2.66. The molecule has 0 saturated heterocycles. The van der Waals surface area contributed by atoms with Crippen molar-refractivity contribution >= 4 is 27.5 Å². The normalized spacial score (nSPS) is 14.1. The van der Waals surface area contributed by atoms with Gasteiger partial charge in [-0.05, 0) is 41.5 Å². The molecule has 2 atom stereocenters. The highest BCUT2D eigenvalue weighted by molar-refractivity contribution is 9.10. The largest absolute Gasteiger partial charge is 0.388 e. The number of hydrogen-bond donors (Lipinski definition) is 2. The lowest BCUT2D eigenvalue weighted by molar-refractivity contribution is 0.146. The van der Waals surface area contributed by atoms with Crippen LogP contribution in [0.25, 0.3) is 0 Å². The van der Waals surface area contributed by atoms with E-state index in [1.807, 2.05) is 18.2 Å². The van der Waals surface area contributed by atoms with Gasteiger partial charge in [-0.15, -0.1) is 0 Å². The second-order valence-electron chi connectivity index (χ2n) is 4.23. The molecule has 0 aliphatic heterocycles. The maximum Gasteiger partial charge on any atom is 0.0882 e. The first-order valence-corrected chi connectivity index (χ1v) is 7.03. The van der Waals surface area contributed by atoms with E-state index < -0.39 is 6.10 Å². The predicted molar refractivity (Wildman–Crippen MR) is 80.1 cm³/mol. The lowest BCUT2D eigenvalue weighted by Gasteiger charge is -2.23. The molecule has 0 bridgehead atoms. The highest BCUT2D eigenvalue weighted by Crippen LogP contribution is 2.35. The van der Waals surface area contributed by atoms with E-state index in [0.29, 0.717) is 11.6 Å². The van der Waals surface area contributed by atoms with Crippen molar-refractivity contribution in [2.45, 2.75) is 12.0 Å². The molecule has 1 aromatic heterocycles. The Morgan fingerprint density at radius 3 is 2.58 bits per heavy atom. The number of aliphatic hydroxyl groups is 1. The molecule has 0 fully saturated rings. The van der Waals surface area contributed by atoms with Crippen molar-refractivity contribution in [3.8, 4) is 0 Å². The molecule has 1 heterocycles. The molecule has 19 heavy (non-hydrogen) atoms. The van der Waals surface area contributed by atoms with Gasteiger partial charge in [0.15, 0.2) is 0 Å². The molecular formula is C14H14BrClN2O. The molecule has 2 unspecified atom stereocenters. The topological polar surface area (TPSA) is 59.1 Å². The van der Waals surface area contributed by atoms with Crippen LogP contribution in [-0.4, -0.2) is 16.6 Å².